The highest BCUT2D eigenvalue weighted by Crippen LogP contribution is 2.37. The van der Waals surface area contributed by atoms with Crippen LogP contribution >= 0.6 is 11.3 Å². The Morgan fingerprint density at radius 2 is 2.18 bits per heavy atom. The second-order valence-corrected chi connectivity index (χ2v) is 6.38. The maximum Gasteiger partial charge on any atom is 0.0695 e. The molecule has 1 unspecified atom stereocenters. The van der Waals surface area contributed by atoms with Crippen LogP contribution in [0.4, 0.5) is 0 Å². The fraction of sp³-hybridized carbons (Fsp3) is 0.714. The first kappa shape index (κ1) is 11.7. The maximum absolute atomic E-state index is 10.2. The molecule has 94 valence electrons. The third kappa shape index (κ3) is 2.05. The van der Waals surface area contributed by atoms with Crippen LogP contribution in [0.3, 0.4) is 0 Å². The molecule has 1 aliphatic heterocycles. The highest BCUT2D eigenvalue weighted by molar-refractivity contribution is 7.10. The molecule has 2 heterocycles. The molecule has 1 N–H and O–H groups in total. The van der Waals surface area contributed by atoms with E-state index in [4.69, 9.17) is 0 Å². The van der Waals surface area contributed by atoms with Gasteiger partial charge in [-0.05, 0) is 43.2 Å². The Morgan fingerprint density at radius 3 is 3.00 bits per heavy atom. The summed E-state index contributed by atoms with van der Waals surface area (Å²) < 4.78 is 0. The van der Waals surface area contributed by atoms with Gasteiger partial charge in [-0.25, -0.2) is 0 Å². The lowest BCUT2D eigenvalue weighted by atomic mass is 9.88. The number of hydrogen-bond acceptors (Lipinski definition) is 3. The summed E-state index contributed by atoms with van der Waals surface area (Å²) in [5.74, 6) is 0. The number of fused-ring (bicyclic) bond motifs is 1. The van der Waals surface area contributed by atoms with Crippen molar-refractivity contribution in [3.63, 3.8) is 0 Å². The monoisotopic (exact) mass is 251 g/mol. The van der Waals surface area contributed by atoms with Crippen molar-refractivity contribution in [2.75, 3.05) is 6.54 Å². The zero-order valence-corrected chi connectivity index (χ0v) is 11.2. The lowest BCUT2D eigenvalue weighted by molar-refractivity contribution is -0.00189. The van der Waals surface area contributed by atoms with E-state index in [2.05, 4.69) is 23.3 Å². The number of aliphatic hydroxyl groups is 1. The molecule has 1 fully saturated rings. The number of nitrogens with zero attached hydrogens (tertiary/aromatic N) is 1. The van der Waals surface area contributed by atoms with E-state index in [9.17, 15) is 5.11 Å². The van der Waals surface area contributed by atoms with Gasteiger partial charge in [0.2, 0.25) is 0 Å². The molecule has 0 spiro atoms. The number of thiophene rings is 1. The fourth-order valence-corrected chi connectivity index (χ4v) is 4.42. The molecule has 2 nitrogen and oxygen atoms in total. The van der Waals surface area contributed by atoms with Gasteiger partial charge in [-0.15, -0.1) is 11.3 Å². The van der Waals surface area contributed by atoms with E-state index >= 15 is 0 Å². The van der Waals surface area contributed by atoms with Crippen LogP contribution in [0.2, 0.25) is 0 Å². The predicted molar refractivity (Wildman–Crippen MR) is 71.4 cm³/mol. The Labute approximate surface area is 107 Å². The quantitative estimate of drug-likeness (QED) is 0.829. The van der Waals surface area contributed by atoms with Gasteiger partial charge in [0, 0.05) is 23.5 Å². The minimum absolute atomic E-state index is 0.105. The average molecular weight is 251 g/mol. The van der Waals surface area contributed by atoms with E-state index in [0.717, 1.165) is 13.0 Å². The van der Waals surface area contributed by atoms with Gasteiger partial charge in [-0.1, -0.05) is 12.8 Å². The molecular weight excluding hydrogens is 230 g/mol. The number of aliphatic hydroxyl groups excluding tert-OH is 1. The normalized spacial score (nSPS) is 34.6. The summed E-state index contributed by atoms with van der Waals surface area (Å²) in [6, 6.07) is 3.15. The molecule has 3 atom stereocenters. The zero-order chi connectivity index (χ0) is 11.8. The molecule has 3 heteroatoms. The lowest BCUT2D eigenvalue weighted by Crippen LogP contribution is -2.48. The summed E-state index contributed by atoms with van der Waals surface area (Å²) in [5.41, 5.74) is 1.50. The van der Waals surface area contributed by atoms with Gasteiger partial charge in [0.25, 0.3) is 0 Å². The second kappa shape index (κ2) is 4.71. The third-order valence-electron chi connectivity index (χ3n) is 4.44. The number of hydrogen-bond donors (Lipinski definition) is 1. The van der Waals surface area contributed by atoms with Crippen LogP contribution < -0.4 is 0 Å². The van der Waals surface area contributed by atoms with E-state index in [1.165, 1.54) is 31.2 Å². The molecule has 0 amide bonds. The first-order valence-corrected chi connectivity index (χ1v) is 7.65. The molecule has 1 aliphatic carbocycles. The highest BCUT2D eigenvalue weighted by Gasteiger charge is 2.34. The molecule has 1 aromatic rings. The first-order chi connectivity index (χ1) is 8.27. The largest absolute Gasteiger partial charge is 0.391 e. The van der Waals surface area contributed by atoms with Crippen molar-refractivity contribution < 1.29 is 5.11 Å². The van der Waals surface area contributed by atoms with Crippen LogP contribution in [0.1, 0.15) is 49.1 Å². The van der Waals surface area contributed by atoms with Crippen LogP contribution in [0.25, 0.3) is 0 Å². The Hall–Kier alpha value is -0.380. The molecule has 0 saturated heterocycles. The van der Waals surface area contributed by atoms with Crippen molar-refractivity contribution in [3.8, 4) is 0 Å². The Bertz CT molecular complexity index is 389. The maximum atomic E-state index is 10.2. The Balaban J connectivity index is 1.81. The van der Waals surface area contributed by atoms with Gasteiger partial charge >= 0.3 is 0 Å². The molecule has 2 aliphatic rings. The van der Waals surface area contributed by atoms with Crippen molar-refractivity contribution in [2.45, 2.75) is 57.2 Å². The summed E-state index contributed by atoms with van der Waals surface area (Å²) in [4.78, 5) is 4.10. The summed E-state index contributed by atoms with van der Waals surface area (Å²) in [6.45, 7) is 3.42. The van der Waals surface area contributed by atoms with Crippen molar-refractivity contribution in [1.82, 2.24) is 4.90 Å². The molecule has 0 aromatic carbocycles. The van der Waals surface area contributed by atoms with Crippen LogP contribution in [-0.4, -0.2) is 28.7 Å². The summed E-state index contributed by atoms with van der Waals surface area (Å²) in [6.07, 6.45) is 5.70. The van der Waals surface area contributed by atoms with Crippen molar-refractivity contribution in [1.29, 1.82) is 0 Å². The third-order valence-corrected chi connectivity index (χ3v) is 5.44. The van der Waals surface area contributed by atoms with E-state index in [-0.39, 0.29) is 6.10 Å². The Kier molecular flexibility index (Phi) is 3.24. The van der Waals surface area contributed by atoms with E-state index in [0.29, 0.717) is 12.1 Å². The summed E-state index contributed by atoms with van der Waals surface area (Å²) in [7, 11) is 0. The minimum atomic E-state index is -0.105. The van der Waals surface area contributed by atoms with Crippen LogP contribution in [-0.2, 0) is 6.42 Å². The standard InChI is InChI=1S/C14H21NOS/c1-10-11-7-9-17-14(11)6-8-15(10)12-4-2-3-5-13(12)16/h7,9-10,12-13,16H,2-6,8H2,1H3/t10?,12-,13-/m1/s1. The van der Waals surface area contributed by atoms with Gasteiger partial charge in [0.05, 0.1) is 6.10 Å². The van der Waals surface area contributed by atoms with Crippen molar-refractivity contribution in [2.24, 2.45) is 0 Å². The molecule has 0 radical (unpaired) electrons. The summed E-state index contributed by atoms with van der Waals surface area (Å²) >= 11 is 1.89. The second-order valence-electron chi connectivity index (χ2n) is 5.38. The predicted octanol–water partition coefficient (Wildman–Crippen LogP) is 2.97. The summed E-state index contributed by atoms with van der Waals surface area (Å²) in [5, 5.41) is 12.4. The van der Waals surface area contributed by atoms with Crippen molar-refractivity contribution in [3.05, 3.63) is 21.9 Å². The first-order valence-electron chi connectivity index (χ1n) is 6.77. The topological polar surface area (TPSA) is 23.5 Å². The van der Waals surface area contributed by atoms with Gasteiger partial charge in [0.15, 0.2) is 0 Å². The molecule has 1 saturated carbocycles. The fourth-order valence-electron chi connectivity index (χ4n) is 3.46. The van der Waals surface area contributed by atoms with Crippen molar-refractivity contribution >= 4 is 11.3 Å². The van der Waals surface area contributed by atoms with E-state index in [1.54, 1.807) is 4.88 Å². The van der Waals surface area contributed by atoms with Crippen LogP contribution in [0, 0.1) is 0 Å². The smallest absolute Gasteiger partial charge is 0.0695 e. The van der Waals surface area contributed by atoms with Crippen LogP contribution in [0.5, 0.6) is 0 Å². The van der Waals surface area contributed by atoms with Gasteiger partial charge in [-0.3, -0.25) is 4.90 Å². The van der Waals surface area contributed by atoms with E-state index < -0.39 is 0 Å². The van der Waals surface area contributed by atoms with Gasteiger partial charge < -0.3 is 5.11 Å². The number of rotatable bonds is 1. The van der Waals surface area contributed by atoms with Crippen LogP contribution in [0.15, 0.2) is 11.4 Å². The average Bonchev–Trinajstić information content (AvgIpc) is 2.80. The molecule has 17 heavy (non-hydrogen) atoms. The van der Waals surface area contributed by atoms with Gasteiger partial charge in [-0.2, -0.15) is 0 Å². The molecule has 0 bridgehead atoms. The molecule has 1 aromatic heterocycles. The van der Waals surface area contributed by atoms with E-state index in [1.807, 2.05) is 11.3 Å². The zero-order valence-electron chi connectivity index (χ0n) is 10.4. The highest BCUT2D eigenvalue weighted by atomic mass is 32.1. The van der Waals surface area contributed by atoms with Gasteiger partial charge in [0.1, 0.15) is 0 Å². The lowest BCUT2D eigenvalue weighted by Gasteiger charge is -2.43. The molecular formula is C14H21NOS. The SMILES string of the molecule is CC1c2ccsc2CCN1[C@@H]1CCCC[C@H]1O. The molecule has 3 rings (SSSR count). The Morgan fingerprint density at radius 1 is 1.35 bits per heavy atom. The minimum Gasteiger partial charge on any atom is -0.391 e.